The van der Waals surface area contributed by atoms with Crippen LogP contribution in [0.3, 0.4) is 0 Å². The third kappa shape index (κ3) is 3.24. The number of nitrogens with zero attached hydrogens (tertiary/aromatic N) is 2. The third-order valence-electron chi connectivity index (χ3n) is 3.21. The van der Waals surface area contributed by atoms with Crippen LogP contribution < -0.4 is 4.90 Å². The second-order valence-corrected chi connectivity index (χ2v) is 5.40. The minimum absolute atomic E-state index is 0.328. The molecule has 18 heavy (non-hydrogen) atoms. The van der Waals surface area contributed by atoms with Crippen molar-refractivity contribution >= 4 is 21.6 Å². The van der Waals surface area contributed by atoms with E-state index in [9.17, 15) is 0 Å². The van der Waals surface area contributed by atoms with Gasteiger partial charge in [-0.05, 0) is 38.0 Å². The van der Waals surface area contributed by atoms with Gasteiger partial charge in [-0.15, -0.1) is 0 Å². The van der Waals surface area contributed by atoms with Crippen LogP contribution in [0, 0.1) is 11.3 Å². The van der Waals surface area contributed by atoms with Crippen molar-refractivity contribution in [2.75, 3.05) is 24.6 Å². The van der Waals surface area contributed by atoms with E-state index in [0.717, 1.165) is 42.7 Å². The number of ether oxygens (including phenoxy) is 1. The summed E-state index contributed by atoms with van der Waals surface area (Å²) in [6, 6.07) is 8.02. The Bertz CT molecular complexity index is 450. The van der Waals surface area contributed by atoms with E-state index < -0.39 is 0 Å². The van der Waals surface area contributed by atoms with Gasteiger partial charge in [0.05, 0.1) is 17.7 Å². The molecule has 0 bridgehead atoms. The Morgan fingerprint density at radius 2 is 2.33 bits per heavy atom. The van der Waals surface area contributed by atoms with E-state index in [2.05, 4.69) is 39.9 Å². The Kier molecular flexibility index (Phi) is 4.62. The van der Waals surface area contributed by atoms with Gasteiger partial charge < -0.3 is 9.64 Å². The molecule has 0 aromatic heterocycles. The largest absolute Gasteiger partial charge is 0.376 e. The van der Waals surface area contributed by atoms with Gasteiger partial charge in [0.2, 0.25) is 0 Å². The summed E-state index contributed by atoms with van der Waals surface area (Å²) >= 11 is 3.45. The number of halogens is 1. The van der Waals surface area contributed by atoms with Gasteiger partial charge in [-0.25, -0.2) is 0 Å². The second kappa shape index (κ2) is 6.21. The topological polar surface area (TPSA) is 36.3 Å². The van der Waals surface area contributed by atoms with Crippen molar-refractivity contribution in [3.05, 3.63) is 28.2 Å². The van der Waals surface area contributed by atoms with E-state index in [1.165, 1.54) is 0 Å². The van der Waals surface area contributed by atoms with Gasteiger partial charge in [-0.1, -0.05) is 15.9 Å². The van der Waals surface area contributed by atoms with Crippen molar-refractivity contribution in [2.24, 2.45) is 0 Å². The summed E-state index contributed by atoms with van der Waals surface area (Å²) in [7, 11) is 0. The number of anilines is 1. The summed E-state index contributed by atoms with van der Waals surface area (Å²) in [4.78, 5) is 2.27. The minimum atomic E-state index is 0.328. The number of benzene rings is 1. The van der Waals surface area contributed by atoms with Crippen LogP contribution in [-0.4, -0.2) is 25.8 Å². The first kappa shape index (κ1) is 13.4. The van der Waals surface area contributed by atoms with Gasteiger partial charge in [0.25, 0.3) is 0 Å². The highest BCUT2D eigenvalue weighted by Gasteiger charge is 2.19. The van der Waals surface area contributed by atoms with E-state index >= 15 is 0 Å². The van der Waals surface area contributed by atoms with Crippen LogP contribution in [0.5, 0.6) is 0 Å². The zero-order valence-electron chi connectivity index (χ0n) is 10.5. The maximum Gasteiger partial charge on any atom is 0.0992 e. The number of nitriles is 1. The van der Waals surface area contributed by atoms with Crippen LogP contribution in [-0.2, 0) is 4.74 Å². The first-order valence-electron chi connectivity index (χ1n) is 6.30. The van der Waals surface area contributed by atoms with Gasteiger partial charge in [-0.2, -0.15) is 5.26 Å². The van der Waals surface area contributed by atoms with Crippen molar-refractivity contribution < 1.29 is 4.74 Å². The van der Waals surface area contributed by atoms with Crippen LogP contribution in [0.4, 0.5) is 5.69 Å². The van der Waals surface area contributed by atoms with Crippen molar-refractivity contribution in [1.29, 1.82) is 5.26 Å². The monoisotopic (exact) mass is 308 g/mol. The Hall–Kier alpha value is -1.05. The van der Waals surface area contributed by atoms with Crippen LogP contribution in [0.15, 0.2) is 22.7 Å². The zero-order valence-corrected chi connectivity index (χ0v) is 12.1. The lowest BCUT2D eigenvalue weighted by molar-refractivity contribution is 0.115. The van der Waals surface area contributed by atoms with Crippen molar-refractivity contribution in [3.8, 4) is 6.07 Å². The molecule has 2 rings (SSSR count). The molecule has 1 fully saturated rings. The molecule has 4 heteroatoms. The molecule has 0 N–H and O–H groups in total. The molecule has 1 unspecified atom stereocenters. The smallest absolute Gasteiger partial charge is 0.0992 e. The summed E-state index contributed by atoms with van der Waals surface area (Å²) in [5.41, 5.74) is 1.77. The SMILES string of the molecule is CCN(CC1CCCO1)c1cc(Br)cc(C#N)c1. The van der Waals surface area contributed by atoms with Gasteiger partial charge >= 0.3 is 0 Å². The summed E-state index contributed by atoms with van der Waals surface area (Å²) in [6.45, 7) is 4.82. The zero-order chi connectivity index (χ0) is 13.0. The predicted molar refractivity (Wildman–Crippen MR) is 75.7 cm³/mol. The summed E-state index contributed by atoms with van der Waals surface area (Å²) < 4.78 is 6.62. The molecular weight excluding hydrogens is 292 g/mol. The summed E-state index contributed by atoms with van der Waals surface area (Å²) in [6.07, 6.45) is 2.62. The van der Waals surface area contributed by atoms with Gasteiger partial charge in [-0.3, -0.25) is 0 Å². The molecule has 0 aliphatic carbocycles. The standard InChI is InChI=1S/C14H17BrN2O/c1-2-17(10-14-4-3-5-18-14)13-7-11(9-16)6-12(15)8-13/h6-8,14H,2-5,10H2,1H3. The fourth-order valence-corrected chi connectivity index (χ4v) is 2.75. The number of hydrogen-bond acceptors (Lipinski definition) is 3. The molecule has 1 aliphatic heterocycles. The summed E-state index contributed by atoms with van der Waals surface area (Å²) in [5, 5.41) is 9.01. The van der Waals surface area contributed by atoms with E-state index in [1.807, 2.05) is 12.1 Å². The summed E-state index contributed by atoms with van der Waals surface area (Å²) in [5.74, 6) is 0. The molecule has 1 aromatic rings. The van der Waals surface area contributed by atoms with Crippen LogP contribution >= 0.6 is 15.9 Å². The van der Waals surface area contributed by atoms with Crippen molar-refractivity contribution in [3.63, 3.8) is 0 Å². The lowest BCUT2D eigenvalue weighted by Crippen LogP contribution is -2.32. The second-order valence-electron chi connectivity index (χ2n) is 4.48. The lowest BCUT2D eigenvalue weighted by Gasteiger charge is -2.26. The van der Waals surface area contributed by atoms with Crippen molar-refractivity contribution in [1.82, 2.24) is 0 Å². The van der Waals surface area contributed by atoms with Crippen LogP contribution in [0.1, 0.15) is 25.3 Å². The first-order valence-corrected chi connectivity index (χ1v) is 7.09. The predicted octanol–water partition coefficient (Wildman–Crippen LogP) is 3.33. The third-order valence-corrected chi connectivity index (χ3v) is 3.66. The van der Waals surface area contributed by atoms with Gasteiger partial charge in [0.1, 0.15) is 0 Å². The molecule has 1 aliphatic rings. The highest BCUT2D eigenvalue weighted by Crippen LogP contribution is 2.24. The normalized spacial score (nSPS) is 18.6. The van der Waals surface area contributed by atoms with E-state index in [1.54, 1.807) is 0 Å². The number of likely N-dealkylation sites (N-methyl/N-ethyl adjacent to an activating group) is 1. The van der Waals surface area contributed by atoms with E-state index in [4.69, 9.17) is 10.00 Å². The molecule has 0 saturated carbocycles. The fourth-order valence-electron chi connectivity index (χ4n) is 2.27. The Balaban J connectivity index is 2.15. The fraction of sp³-hybridized carbons (Fsp3) is 0.500. The highest BCUT2D eigenvalue weighted by atomic mass is 79.9. The molecule has 0 spiro atoms. The molecule has 1 aromatic carbocycles. The molecule has 1 atom stereocenters. The molecule has 0 amide bonds. The van der Waals surface area contributed by atoms with Crippen LogP contribution in [0.2, 0.25) is 0 Å². The highest BCUT2D eigenvalue weighted by molar-refractivity contribution is 9.10. The average Bonchev–Trinajstić information content (AvgIpc) is 2.88. The van der Waals surface area contributed by atoms with E-state index in [-0.39, 0.29) is 0 Å². The van der Waals surface area contributed by atoms with Crippen molar-refractivity contribution in [2.45, 2.75) is 25.9 Å². The lowest BCUT2D eigenvalue weighted by atomic mass is 10.1. The number of rotatable bonds is 4. The van der Waals surface area contributed by atoms with Gasteiger partial charge in [0, 0.05) is 29.9 Å². The molecule has 1 saturated heterocycles. The minimum Gasteiger partial charge on any atom is -0.376 e. The number of hydrogen-bond donors (Lipinski definition) is 0. The Labute approximate surface area is 116 Å². The molecule has 3 nitrogen and oxygen atoms in total. The maximum absolute atomic E-state index is 9.01. The first-order chi connectivity index (χ1) is 8.72. The molecule has 96 valence electrons. The Morgan fingerprint density at radius 3 is 2.94 bits per heavy atom. The maximum atomic E-state index is 9.01. The molecule has 0 radical (unpaired) electrons. The quantitative estimate of drug-likeness (QED) is 0.856. The molecular formula is C14H17BrN2O. The average molecular weight is 309 g/mol. The van der Waals surface area contributed by atoms with Crippen LogP contribution in [0.25, 0.3) is 0 Å². The Morgan fingerprint density at radius 1 is 1.50 bits per heavy atom. The van der Waals surface area contributed by atoms with E-state index in [0.29, 0.717) is 11.7 Å². The van der Waals surface area contributed by atoms with Gasteiger partial charge in [0.15, 0.2) is 0 Å². The molecule has 1 heterocycles.